The highest BCUT2D eigenvalue weighted by Gasteiger charge is 2.43. The van der Waals surface area contributed by atoms with Crippen molar-refractivity contribution in [1.82, 2.24) is 29.9 Å². The number of hydrogen-bond donors (Lipinski definition) is 1. The summed E-state index contributed by atoms with van der Waals surface area (Å²) in [6.45, 7) is 0. The van der Waals surface area contributed by atoms with Crippen molar-refractivity contribution in [2.45, 2.75) is 12.4 Å². The minimum atomic E-state index is -5.06. The largest absolute Gasteiger partial charge is 0.477 e. The smallest absolute Gasteiger partial charge is 0.434 e. The van der Waals surface area contributed by atoms with Crippen LogP contribution in [0.1, 0.15) is 21.7 Å². The van der Waals surface area contributed by atoms with Crippen molar-refractivity contribution >= 4 is 45.1 Å². The molecule has 0 aliphatic carbocycles. The minimum absolute atomic E-state index is 0.00190. The van der Waals surface area contributed by atoms with E-state index in [9.17, 15) is 53.8 Å². The maximum absolute atomic E-state index is 14.3. The van der Waals surface area contributed by atoms with Crippen LogP contribution in [0.25, 0.3) is 56.5 Å². The molecule has 0 saturated carbocycles. The molecule has 8 aromatic rings. The number of rotatable bonds is 7. The fourth-order valence-electron chi connectivity index (χ4n) is 6.07. The average molecular weight is 974 g/mol. The lowest BCUT2D eigenvalue weighted by atomic mass is 10.0. The second-order valence-electron chi connectivity index (χ2n) is 12.5. The Kier molecular flexibility index (Phi) is 11.8. The van der Waals surface area contributed by atoms with Crippen molar-refractivity contribution in [2.24, 2.45) is 0 Å². The van der Waals surface area contributed by atoms with Gasteiger partial charge in [-0.1, -0.05) is 57.8 Å². The Balaban J connectivity index is 0.000000187. The van der Waals surface area contributed by atoms with E-state index in [0.717, 1.165) is 42.6 Å². The van der Waals surface area contributed by atoms with Crippen LogP contribution in [0.15, 0.2) is 111 Å². The van der Waals surface area contributed by atoms with Crippen LogP contribution in [0.5, 0.6) is 0 Å². The summed E-state index contributed by atoms with van der Waals surface area (Å²) in [4.78, 5) is 11.9. The van der Waals surface area contributed by atoms with E-state index in [-0.39, 0.29) is 42.9 Å². The Hall–Kier alpha value is -6.45. The maximum Gasteiger partial charge on any atom is 0.434 e. The van der Waals surface area contributed by atoms with Gasteiger partial charge in [-0.3, -0.25) is 0 Å². The van der Waals surface area contributed by atoms with Gasteiger partial charge in [0.15, 0.2) is 22.9 Å². The van der Waals surface area contributed by atoms with Crippen LogP contribution in [-0.2, 0) is 12.4 Å². The van der Waals surface area contributed by atoms with Gasteiger partial charge in [0.05, 0.1) is 60.5 Å². The van der Waals surface area contributed by atoms with Crippen molar-refractivity contribution in [3.05, 3.63) is 152 Å². The summed E-state index contributed by atoms with van der Waals surface area (Å²) in [5.74, 6) is -6.10. The normalized spacial score (nSPS) is 11.8. The van der Waals surface area contributed by atoms with Crippen LogP contribution < -0.4 is 0 Å². The first-order valence-electron chi connectivity index (χ1n) is 16.9. The molecular formula is C39H17BrCl2F10N6O4. The van der Waals surface area contributed by atoms with E-state index in [1.54, 1.807) is 0 Å². The zero-order valence-electron chi connectivity index (χ0n) is 30.0. The number of alkyl halides is 6. The number of carboxylic acids is 1. The first-order valence-corrected chi connectivity index (χ1v) is 18.4. The van der Waals surface area contributed by atoms with E-state index in [2.05, 4.69) is 36.4 Å². The Morgan fingerprint density at radius 2 is 1.05 bits per heavy atom. The highest BCUT2D eigenvalue weighted by molar-refractivity contribution is 9.10. The molecule has 10 nitrogen and oxygen atoms in total. The third-order valence-corrected chi connectivity index (χ3v) is 9.98. The van der Waals surface area contributed by atoms with Gasteiger partial charge in [0.1, 0.15) is 40.2 Å². The summed E-state index contributed by atoms with van der Waals surface area (Å²) in [5.41, 5.74) is -6.44. The number of hydrogen-bond acceptors (Lipinski definition) is 7. The van der Waals surface area contributed by atoms with Crippen LogP contribution in [0.2, 0.25) is 10.0 Å². The van der Waals surface area contributed by atoms with Crippen molar-refractivity contribution in [2.75, 3.05) is 0 Å². The van der Waals surface area contributed by atoms with E-state index in [1.165, 1.54) is 48.5 Å². The number of aromatic nitrogens is 6. The third-order valence-electron chi connectivity index (χ3n) is 8.61. The molecular weight excluding hydrogens is 957 g/mol. The fourth-order valence-corrected chi connectivity index (χ4v) is 7.14. The van der Waals surface area contributed by atoms with Gasteiger partial charge in [-0.05, 0) is 76.6 Å². The molecule has 0 unspecified atom stereocenters. The second-order valence-corrected chi connectivity index (χ2v) is 14.1. The van der Waals surface area contributed by atoms with Gasteiger partial charge in [-0.2, -0.15) is 36.5 Å². The zero-order valence-corrected chi connectivity index (χ0v) is 33.1. The lowest BCUT2D eigenvalue weighted by molar-refractivity contribution is -0.143. The SMILES string of the molecule is Fc1cccc(-n2ncc(-c3onc(-c4c(F)cccc4Cl)c3Br)c2C(F)(F)F)c1.O=C(O)c1c(-c2c(F)cccc2Cl)noc1-c1cnn(-c2cccc(F)c2)c1C(F)(F)F. The molecule has 4 heterocycles. The average Bonchev–Trinajstić information content (AvgIpc) is 4.00. The number of carboxylic acid groups (broad SMARTS) is 1. The standard InChI is InChI=1S/C20H9ClF5N3O3.C19H8BrClF5N3O/c21-12-5-2-6-13(23)14(12)16-15(19(30)31)17(32-28-16)11-8-27-29(18(11)20(24,25)26)10-4-1-3-9(22)7-10;20-15-16(14-12(21)5-2-6-13(14)23)28-30-17(15)11-8-27-29(18(11)19(24,25)26)10-4-1-3-9(22)7-10/h1-8H,(H,30,31);1-8H. The molecule has 0 radical (unpaired) electrons. The van der Waals surface area contributed by atoms with Crippen molar-refractivity contribution in [3.63, 3.8) is 0 Å². The van der Waals surface area contributed by atoms with E-state index in [4.69, 9.17) is 32.2 Å². The van der Waals surface area contributed by atoms with Crippen molar-refractivity contribution in [1.29, 1.82) is 0 Å². The Labute approximate surface area is 357 Å². The molecule has 0 amide bonds. The monoisotopic (exact) mass is 972 g/mol. The molecule has 318 valence electrons. The molecule has 0 saturated heterocycles. The molecule has 0 aliphatic heterocycles. The minimum Gasteiger partial charge on any atom is -0.477 e. The van der Waals surface area contributed by atoms with E-state index in [0.29, 0.717) is 15.6 Å². The summed E-state index contributed by atoms with van der Waals surface area (Å²) in [5, 5.41) is 24.0. The van der Waals surface area contributed by atoms with Crippen molar-refractivity contribution < 1.29 is 62.9 Å². The number of nitrogens with zero attached hydrogens (tertiary/aromatic N) is 6. The van der Waals surface area contributed by atoms with Crippen LogP contribution >= 0.6 is 39.1 Å². The molecule has 62 heavy (non-hydrogen) atoms. The first kappa shape index (κ1) is 43.6. The Morgan fingerprint density at radius 1 is 0.629 bits per heavy atom. The molecule has 0 bridgehead atoms. The highest BCUT2D eigenvalue weighted by Crippen LogP contribution is 2.46. The third kappa shape index (κ3) is 8.29. The number of carbonyl (C=O) groups is 1. The lowest BCUT2D eigenvalue weighted by Crippen LogP contribution is -2.15. The maximum atomic E-state index is 14.3. The van der Waals surface area contributed by atoms with Gasteiger partial charge in [0.25, 0.3) is 0 Å². The molecule has 4 aromatic carbocycles. The summed E-state index contributed by atoms with van der Waals surface area (Å²) in [6, 6.07) is 16.1. The van der Waals surface area contributed by atoms with Crippen molar-refractivity contribution in [3.8, 4) is 56.5 Å². The van der Waals surface area contributed by atoms with Gasteiger partial charge >= 0.3 is 18.3 Å². The van der Waals surface area contributed by atoms with Crippen LogP contribution in [0, 0.1) is 23.3 Å². The van der Waals surface area contributed by atoms with Gasteiger partial charge in [0, 0.05) is 0 Å². The molecule has 4 aromatic heterocycles. The van der Waals surface area contributed by atoms with E-state index < -0.39 is 86.7 Å². The van der Waals surface area contributed by atoms with E-state index >= 15 is 0 Å². The van der Waals surface area contributed by atoms with Gasteiger partial charge < -0.3 is 14.2 Å². The fraction of sp³-hybridized carbons (Fsp3) is 0.0513. The molecule has 0 spiro atoms. The van der Waals surface area contributed by atoms with Gasteiger partial charge in [0.2, 0.25) is 0 Å². The molecule has 23 heteroatoms. The summed E-state index contributed by atoms with van der Waals surface area (Å²) in [7, 11) is 0. The molecule has 1 N–H and O–H groups in total. The number of halogens is 13. The Bertz CT molecular complexity index is 2960. The van der Waals surface area contributed by atoms with Crippen LogP contribution in [0.4, 0.5) is 43.9 Å². The number of aromatic carboxylic acids is 1. The Morgan fingerprint density at radius 3 is 1.48 bits per heavy atom. The summed E-state index contributed by atoms with van der Waals surface area (Å²) in [6.07, 6.45) is -8.32. The number of benzene rings is 4. The van der Waals surface area contributed by atoms with E-state index in [1.807, 2.05) is 0 Å². The second kappa shape index (κ2) is 16.8. The molecule has 0 fully saturated rings. The van der Waals surface area contributed by atoms with Crippen LogP contribution in [-0.4, -0.2) is 41.0 Å². The van der Waals surface area contributed by atoms with Crippen LogP contribution in [0.3, 0.4) is 0 Å². The van der Waals surface area contributed by atoms with Gasteiger partial charge in [-0.15, -0.1) is 0 Å². The molecule has 8 rings (SSSR count). The topological polar surface area (TPSA) is 125 Å². The van der Waals surface area contributed by atoms with Gasteiger partial charge in [-0.25, -0.2) is 31.7 Å². The lowest BCUT2D eigenvalue weighted by Gasteiger charge is -2.12. The highest BCUT2D eigenvalue weighted by atomic mass is 79.9. The predicted octanol–water partition coefficient (Wildman–Crippen LogP) is 12.8. The molecule has 0 aliphatic rings. The predicted molar refractivity (Wildman–Crippen MR) is 204 cm³/mol. The first-order chi connectivity index (χ1) is 29.3. The summed E-state index contributed by atoms with van der Waals surface area (Å²) >= 11 is 15.1. The summed E-state index contributed by atoms with van der Waals surface area (Å²) < 4.78 is 150. The molecule has 0 atom stereocenters. The zero-order chi connectivity index (χ0) is 44.8. The quantitative estimate of drug-likeness (QED) is 0.157.